The number of phenolic OH excluding ortho intramolecular Hbond substituents is 1. The molecule has 0 aromatic heterocycles. The van der Waals surface area contributed by atoms with E-state index in [-0.39, 0.29) is 17.2 Å². The van der Waals surface area contributed by atoms with Crippen molar-refractivity contribution in [2.75, 3.05) is 33.2 Å². The van der Waals surface area contributed by atoms with E-state index in [0.717, 1.165) is 58.3 Å². The molecule has 4 aliphatic rings. The van der Waals surface area contributed by atoms with Gasteiger partial charge in [-0.25, -0.2) is 0 Å². The van der Waals surface area contributed by atoms with Crippen LogP contribution in [0.25, 0.3) is 0 Å². The van der Waals surface area contributed by atoms with Crippen molar-refractivity contribution in [1.29, 1.82) is 0 Å². The second-order valence-corrected chi connectivity index (χ2v) is 10.3. The molecule has 29 heavy (non-hydrogen) atoms. The van der Waals surface area contributed by atoms with E-state index in [1.807, 2.05) is 17.0 Å². The Morgan fingerprint density at radius 1 is 1.17 bits per heavy atom. The number of nitrogens with zero attached hydrogens (tertiary/aromatic N) is 2. The van der Waals surface area contributed by atoms with Gasteiger partial charge in [0, 0.05) is 26.2 Å². The van der Waals surface area contributed by atoms with Crippen molar-refractivity contribution in [3.8, 4) is 5.75 Å². The zero-order valence-corrected chi connectivity index (χ0v) is 17.7. The Morgan fingerprint density at radius 2 is 1.93 bits per heavy atom. The molecular weight excluding hydrogens is 364 g/mol. The van der Waals surface area contributed by atoms with E-state index >= 15 is 0 Å². The minimum atomic E-state index is -0.526. The van der Waals surface area contributed by atoms with Crippen molar-refractivity contribution in [2.45, 2.75) is 51.0 Å². The summed E-state index contributed by atoms with van der Waals surface area (Å²) in [7, 11) is 2.10. The zero-order valence-electron chi connectivity index (χ0n) is 17.7. The second kappa shape index (κ2) is 6.98. The third-order valence-corrected chi connectivity index (χ3v) is 8.84. The molecule has 3 fully saturated rings. The molecule has 0 bridgehead atoms. The van der Waals surface area contributed by atoms with Gasteiger partial charge < -0.3 is 20.0 Å². The smallest absolute Gasteiger partial charge is 0.228 e. The molecule has 1 aliphatic heterocycles. The number of hydrogen-bond acceptors (Lipinski definition) is 4. The van der Waals surface area contributed by atoms with Gasteiger partial charge in [-0.05, 0) is 85.6 Å². The molecule has 5 rings (SSSR count). The van der Waals surface area contributed by atoms with E-state index in [4.69, 9.17) is 0 Å². The van der Waals surface area contributed by atoms with Crippen LogP contribution in [0.2, 0.25) is 0 Å². The van der Waals surface area contributed by atoms with E-state index in [2.05, 4.69) is 24.9 Å². The first-order valence-electron chi connectivity index (χ1n) is 11.4. The summed E-state index contributed by atoms with van der Waals surface area (Å²) in [5.41, 5.74) is 2.53. The van der Waals surface area contributed by atoms with Gasteiger partial charge >= 0.3 is 0 Å². The number of benzene rings is 1. The van der Waals surface area contributed by atoms with Crippen LogP contribution < -0.4 is 0 Å². The molecule has 0 radical (unpaired) electrons. The summed E-state index contributed by atoms with van der Waals surface area (Å²) in [4.78, 5) is 17.6. The predicted molar refractivity (Wildman–Crippen MR) is 112 cm³/mol. The fourth-order valence-electron chi connectivity index (χ4n) is 7.09. The number of fused-ring (bicyclic) bond motifs is 5. The first-order chi connectivity index (χ1) is 13.9. The highest BCUT2D eigenvalue weighted by Crippen LogP contribution is 2.62. The Bertz CT molecular complexity index is 803. The molecular formula is C24H34N2O3. The number of aromatic hydroxyl groups is 1. The van der Waals surface area contributed by atoms with Gasteiger partial charge in [0.05, 0.1) is 12.0 Å². The fraction of sp³-hybridized carbons (Fsp3) is 0.708. The summed E-state index contributed by atoms with van der Waals surface area (Å²) in [6, 6.07) is 5.86. The summed E-state index contributed by atoms with van der Waals surface area (Å²) in [6.45, 7) is 5.64. The quantitative estimate of drug-likeness (QED) is 0.763. The van der Waals surface area contributed by atoms with Crippen LogP contribution in [0.1, 0.15) is 49.7 Å². The van der Waals surface area contributed by atoms with Crippen LogP contribution >= 0.6 is 0 Å². The van der Waals surface area contributed by atoms with Crippen molar-refractivity contribution >= 4 is 5.91 Å². The highest BCUT2D eigenvalue weighted by Gasteiger charge is 2.59. The summed E-state index contributed by atoms with van der Waals surface area (Å²) in [5.74, 6) is 1.73. The SMILES string of the molecule is CN1CCN(C(=O)C2CC3C4CCc5cc(O)ccc5C4CCC3(C)C2O)CC1. The van der Waals surface area contributed by atoms with Crippen LogP contribution in [0.4, 0.5) is 0 Å². The Labute approximate surface area is 173 Å². The van der Waals surface area contributed by atoms with Crippen LogP contribution in [0, 0.1) is 23.2 Å². The fourth-order valence-corrected chi connectivity index (χ4v) is 7.09. The van der Waals surface area contributed by atoms with Gasteiger partial charge in [0.25, 0.3) is 0 Å². The van der Waals surface area contributed by atoms with Crippen molar-refractivity contribution < 1.29 is 15.0 Å². The number of aliphatic hydroxyl groups is 1. The molecule has 0 spiro atoms. The number of likely N-dealkylation sites (N-methyl/N-ethyl adjacent to an activating group) is 1. The second-order valence-electron chi connectivity index (χ2n) is 10.3. The lowest BCUT2D eigenvalue weighted by Gasteiger charge is -2.50. The third kappa shape index (κ3) is 3.00. The molecule has 1 heterocycles. The molecule has 1 aromatic carbocycles. The van der Waals surface area contributed by atoms with Crippen LogP contribution in [-0.4, -0.2) is 65.3 Å². The minimum absolute atomic E-state index is 0.150. The highest BCUT2D eigenvalue weighted by molar-refractivity contribution is 5.80. The van der Waals surface area contributed by atoms with Crippen LogP contribution in [0.3, 0.4) is 0 Å². The maximum absolute atomic E-state index is 13.3. The van der Waals surface area contributed by atoms with Gasteiger partial charge in [0.1, 0.15) is 5.75 Å². The topological polar surface area (TPSA) is 64.0 Å². The van der Waals surface area contributed by atoms with Gasteiger partial charge in [-0.1, -0.05) is 13.0 Å². The van der Waals surface area contributed by atoms with Crippen molar-refractivity contribution in [3.63, 3.8) is 0 Å². The van der Waals surface area contributed by atoms with Gasteiger partial charge in [0.2, 0.25) is 5.91 Å². The number of carbonyl (C=O) groups is 1. The molecule has 1 aromatic rings. The summed E-state index contributed by atoms with van der Waals surface area (Å²) in [5, 5.41) is 21.2. The average molecular weight is 399 g/mol. The Balaban J connectivity index is 1.39. The maximum Gasteiger partial charge on any atom is 0.228 e. The normalized spacial score (nSPS) is 39.6. The van der Waals surface area contributed by atoms with Crippen LogP contribution in [0.15, 0.2) is 18.2 Å². The summed E-state index contributed by atoms with van der Waals surface area (Å²) < 4.78 is 0. The van der Waals surface area contributed by atoms with E-state index in [1.165, 1.54) is 11.1 Å². The number of carbonyl (C=O) groups excluding carboxylic acids is 1. The molecule has 1 saturated heterocycles. The number of hydrogen-bond donors (Lipinski definition) is 2. The van der Waals surface area contributed by atoms with E-state index in [1.54, 1.807) is 0 Å². The van der Waals surface area contributed by atoms with Gasteiger partial charge in [-0.2, -0.15) is 0 Å². The third-order valence-electron chi connectivity index (χ3n) is 8.84. The molecule has 6 atom stereocenters. The largest absolute Gasteiger partial charge is 0.508 e. The van der Waals surface area contributed by atoms with Crippen molar-refractivity contribution in [3.05, 3.63) is 29.3 Å². The number of phenols is 1. The molecule has 1 amide bonds. The summed E-state index contributed by atoms with van der Waals surface area (Å²) >= 11 is 0. The van der Waals surface area contributed by atoms with Crippen LogP contribution in [0.5, 0.6) is 5.75 Å². The number of piperazine rings is 1. The van der Waals surface area contributed by atoms with Gasteiger partial charge in [-0.15, -0.1) is 0 Å². The number of rotatable bonds is 1. The molecule has 2 saturated carbocycles. The number of aryl methyl sites for hydroxylation is 1. The number of aliphatic hydroxyl groups excluding tert-OH is 1. The lowest BCUT2D eigenvalue weighted by molar-refractivity contribution is -0.141. The minimum Gasteiger partial charge on any atom is -0.508 e. The van der Waals surface area contributed by atoms with Crippen LogP contribution in [-0.2, 0) is 11.2 Å². The molecule has 5 heteroatoms. The molecule has 158 valence electrons. The summed E-state index contributed by atoms with van der Waals surface area (Å²) in [6.07, 6.45) is 4.45. The molecule has 6 unspecified atom stereocenters. The first-order valence-corrected chi connectivity index (χ1v) is 11.4. The maximum atomic E-state index is 13.3. The van der Waals surface area contributed by atoms with E-state index in [9.17, 15) is 15.0 Å². The Morgan fingerprint density at radius 3 is 2.69 bits per heavy atom. The zero-order chi connectivity index (χ0) is 20.3. The monoisotopic (exact) mass is 398 g/mol. The first kappa shape index (κ1) is 19.4. The van der Waals surface area contributed by atoms with E-state index in [0.29, 0.717) is 23.5 Å². The van der Waals surface area contributed by atoms with Crippen molar-refractivity contribution in [2.24, 2.45) is 23.2 Å². The number of amides is 1. The lowest BCUT2D eigenvalue weighted by atomic mass is 9.55. The van der Waals surface area contributed by atoms with Gasteiger partial charge in [-0.3, -0.25) is 4.79 Å². The Kier molecular flexibility index (Phi) is 4.67. The van der Waals surface area contributed by atoms with Crippen molar-refractivity contribution in [1.82, 2.24) is 9.80 Å². The molecule has 2 N–H and O–H groups in total. The van der Waals surface area contributed by atoms with Gasteiger partial charge in [0.15, 0.2) is 0 Å². The highest BCUT2D eigenvalue weighted by atomic mass is 16.3. The standard InChI is InChI=1S/C24H34N2O3/c1-24-8-7-18-17-6-4-16(27)13-15(17)3-5-19(18)21(24)14-20(22(24)28)23(29)26-11-9-25(2)10-12-26/h4,6,13,18-22,27-28H,3,5,7-12,14H2,1-2H3. The van der Waals surface area contributed by atoms with E-state index < -0.39 is 6.10 Å². The average Bonchev–Trinajstić information content (AvgIpc) is 2.99. The predicted octanol–water partition coefficient (Wildman–Crippen LogP) is 2.61. The molecule has 5 nitrogen and oxygen atoms in total. The molecule has 3 aliphatic carbocycles. The lowest BCUT2D eigenvalue weighted by Crippen LogP contribution is -2.51. The Hall–Kier alpha value is -1.59.